The largest absolute Gasteiger partial charge is 0.313 e. The van der Waals surface area contributed by atoms with Gasteiger partial charge in [-0.1, -0.05) is 26.0 Å². The standard InChI is InChI=1S/C13H22N2O2S/c1-5-15(6-2)18(16,17)13-9-7-8-12(10-13)11(3)14-4/h7-11,14H,5-6H2,1-4H3. The molecule has 1 N–H and O–H groups in total. The van der Waals surface area contributed by atoms with Gasteiger partial charge in [-0.3, -0.25) is 0 Å². The smallest absolute Gasteiger partial charge is 0.243 e. The van der Waals surface area contributed by atoms with Crippen molar-refractivity contribution in [1.29, 1.82) is 0 Å². The van der Waals surface area contributed by atoms with Gasteiger partial charge in [0.25, 0.3) is 0 Å². The molecule has 1 rings (SSSR count). The minimum Gasteiger partial charge on any atom is -0.313 e. The summed E-state index contributed by atoms with van der Waals surface area (Å²) in [5.41, 5.74) is 0.978. The monoisotopic (exact) mass is 270 g/mol. The van der Waals surface area contributed by atoms with Crippen molar-refractivity contribution in [3.63, 3.8) is 0 Å². The third kappa shape index (κ3) is 3.10. The van der Waals surface area contributed by atoms with Crippen molar-refractivity contribution in [2.75, 3.05) is 20.1 Å². The summed E-state index contributed by atoms with van der Waals surface area (Å²) in [6.45, 7) is 6.68. The third-order valence-electron chi connectivity index (χ3n) is 3.13. The molecule has 0 saturated carbocycles. The molecule has 0 saturated heterocycles. The zero-order chi connectivity index (χ0) is 13.8. The Morgan fingerprint density at radius 1 is 1.28 bits per heavy atom. The minimum atomic E-state index is -3.36. The Labute approximate surface area is 110 Å². The van der Waals surface area contributed by atoms with Gasteiger partial charge in [0, 0.05) is 19.1 Å². The first-order valence-electron chi connectivity index (χ1n) is 6.24. The molecule has 1 aromatic carbocycles. The second kappa shape index (κ2) is 6.31. The molecule has 1 aromatic rings. The molecule has 0 spiro atoms. The highest BCUT2D eigenvalue weighted by atomic mass is 32.2. The van der Waals surface area contributed by atoms with E-state index in [1.54, 1.807) is 18.2 Å². The quantitative estimate of drug-likeness (QED) is 0.860. The van der Waals surface area contributed by atoms with Gasteiger partial charge in [-0.2, -0.15) is 4.31 Å². The van der Waals surface area contributed by atoms with E-state index in [0.29, 0.717) is 18.0 Å². The van der Waals surface area contributed by atoms with Crippen LogP contribution in [0.3, 0.4) is 0 Å². The fourth-order valence-electron chi connectivity index (χ4n) is 1.82. The number of hydrogen-bond donors (Lipinski definition) is 1. The predicted octanol–water partition coefficient (Wildman–Crippen LogP) is 2.00. The van der Waals surface area contributed by atoms with Crippen molar-refractivity contribution in [1.82, 2.24) is 9.62 Å². The van der Waals surface area contributed by atoms with Crippen LogP contribution in [0.1, 0.15) is 32.4 Å². The summed E-state index contributed by atoms with van der Waals surface area (Å²) < 4.78 is 26.2. The molecule has 0 aromatic heterocycles. The van der Waals surface area contributed by atoms with Crippen molar-refractivity contribution >= 4 is 10.0 Å². The molecule has 0 amide bonds. The van der Waals surface area contributed by atoms with E-state index < -0.39 is 10.0 Å². The van der Waals surface area contributed by atoms with E-state index >= 15 is 0 Å². The Balaban J connectivity index is 3.17. The maximum atomic E-state index is 12.4. The van der Waals surface area contributed by atoms with Crippen LogP contribution in [0, 0.1) is 0 Å². The number of benzene rings is 1. The van der Waals surface area contributed by atoms with Crippen molar-refractivity contribution in [3.05, 3.63) is 29.8 Å². The molecule has 0 bridgehead atoms. The summed E-state index contributed by atoms with van der Waals surface area (Å²) >= 11 is 0. The number of nitrogens with zero attached hydrogens (tertiary/aromatic N) is 1. The van der Waals surface area contributed by atoms with Gasteiger partial charge >= 0.3 is 0 Å². The summed E-state index contributed by atoms with van der Waals surface area (Å²) in [7, 11) is -1.50. The minimum absolute atomic E-state index is 0.136. The molecule has 1 atom stereocenters. The van der Waals surface area contributed by atoms with Crippen molar-refractivity contribution in [2.24, 2.45) is 0 Å². The van der Waals surface area contributed by atoms with Crippen molar-refractivity contribution < 1.29 is 8.42 Å². The van der Waals surface area contributed by atoms with Gasteiger partial charge in [0.05, 0.1) is 4.90 Å². The average Bonchev–Trinajstić information content (AvgIpc) is 2.39. The van der Waals surface area contributed by atoms with Gasteiger partial charge < -0.3 is 5.32 Å². The lowest BCUT2D eigenvalue weighted by atomic mass is 10.1. The first-order chi connectivity index (χ1) is 8.47. The maximum absolute atomic E-state index is 12.4. The van der Waals surface area contributed by atoms with E-state index in [0.717, 1.165) is 5.56 Å². The molecule has 102 valence electrons. The summed E-state index contributed by atoms with van der Waals surface area (Å²) in [6, 6.07) is 7.26. The highest BCUT2D eigenvalue weighted by Gasteiger charge is 2.21. The van der Waals surface area contributed by atoms with Gasteiger partial charge in [0.2, 0.25) is 10.0 Å². The number of hydrogen-bond acceptors (Lipinski definition) is 3. The van der Waals surface area contributed by atoms with E-state index in [9.17, 15) is 8.42 Å². The highest BCUT2D eigenvalue weighted by molar-refractivity contribution is 7.89. The highest BCUT2D eigenvalue weighted by Crippen LogP contribution is 2.20. The topological polar surface area (TPSA) is 49.4 Å². The molecule has 4 nitrogen and oxygen atoms in total. The van der Waals surface area contributed by atoms with Crippen LogP contribution >= 0.6 is 0 Å². The number of rotatable bonds is 6. The Bertz CT molecular complexity index is 482. The summed E-state index contributed by atoms with van der Waals surface area (Å²) in [4.78, 5) is 0.366. The Hall–Kier alpha value is -0.910. The van der Waals surface area contributed by atoms with Crippen LogP contribution in [0.25, 0.3) is 0 Å². The lowest BCUT2D eigenvalue weighted by Gasteiger charge is -2.19. The molecule has 0 radical (unpaired) electrons. The van der Waals surface area contributed by atoms with Crippen molar-refractivity contribution in [2.45, 2.75) is 31.7 Å². The van der Waals surface area contributed by atoms with E-state index in [-0.39, 0.29) is 6.04 Å². The fraction of sp³-hybridized carbons (Fsp3) is 0.538. The third-order valence-corrected chi connectivity index (χ3v) is 5.18. The van der Waals surface area contributed by atoms with Gasteiger partial charge in [0.1, 0.15) is 0 Å². The maximum Gasteiger partial charge on any atom is 0.243 e. The van der Waals surface area contributed by atoms with E-state index in [1.165, 1.54) is 4.31 Å². The summed E-state index contributed by atoms with van der Waals surface area (Å²) in [5.74, 6) is 0. The van der Waals surface area contributed by atoms with Crippen molar-refractivity contribution in [3.8, 4) is 0 Å². The Morgan fingerprint density at radius 3 is 2.39 bits per heavy atom. The molecule has 0 fully saturated rings. The van der Waals surface area contributed by atoms with Gasteiger partial charge in [-0.15, -0.1) is 0 Å². The molecule has 0 aliphatic rings. The first-order valence-corrected chi connectivity index (χ1v) is 7.68. The second-order valence-corrected chi connectivity index (χ2v) is 6.11. The zero-order valence-corrected chi connectivity index (χ0v) is 12.3. The van der Waals surface area contributed by atoms with Gasteiger partial charge in [-0.25, -0.2) is 8.42 Å². The summed E-state index contributed by atoms with van der Waals surface area (Å²) in [5, 5.41) is 3.11. The van der Waals surface area contributed by atoms with E-state index in [2.05, 4.69) is 5.32 Å². The molecule has 0 aliphatic carbocycles. The van der Waals surface area contributed by atoms with Crippen LogP contribution in [-0.4, -0.2) is 32.9 Å². The van der Waals surface area contributed by atoms with E-state index in [1.807, 2.05) is 33.9 Å². The molecular weight excluding hydrogens is 248 g/mol. The zero-order valence-electron chi connectivity index (χ0n) is 11.5. The first kappa shape index (κ1) is 15.1. The van der Waals surface area contributed by atoms with Crippen LogP contribution in [0.4, 0.5) is 0 Å². The van der Waals surface area contributed by atoms with Crippen LogP contribution in [-0.2, 0) is 10.0 Å². The van der Waals surface area contributed by atoms with Crippen LogP contribution in [0.15, 0.2) is 29.2 Å². The Morgan fingerprint density at radius 2 is 1.89 bits per heavy atom. The molecule has 1 unspecified atom stereocenters. The van der Waals surface area contributed by atoms with Crippen LogP contribution in [0.2, 0.25) is 0 Å². The number of sulfonamides is 1. The SMILES string of the molecule is CCN(CC)S(=O)(=O)c1cccc(C(C)NC)c1. The van der Waals surface area contributed by atoms with Crippen LogP contribution < -0.4 is 5.32 Å². The molecule has 18 heavy (non-hydrogen) atoms. The normalized spacial score (nSPS) is 13.8. The molecule has 0 aliphatic heterocycles. The molecule has 0 heterocycles. The predicted molar refractivity (Wildman–Crippen MR) is 74.0 cm³/mol. The average molecular weight is 270 g/mol. The molecular formula is C13H22N2O2S. The lowest BCUT2D eigenvalue weighted by Crippen LogP contribution is -2.30. The van der Waals surface area contributed by atoms with Gasteiger partial charge in [-0.05, 0) is 31.7 Å². The lowest BCUT2D eigenvalue weighted by molar-refractivity contribution is 0.445. The second-order valence-electron chi connectivity index (χ2n) is 4.17. The Kier molecular flexibility index (Phi) is 5.31. The summed E-state index contributed by atoms with van der Waals surface area (Å²) in [6.07, 6.45) is 0. The fourth-order valence-corrected chi connectivity index (χ4v) is 3.34. The number of nitrogens with one attached hydrogen (secondary N) is 1. The molecule has 5 heteroatoms. The van der Waals surface area contributed by atoms with Crippen LogP contribution in [0.5, 0.6) is 0 Å². The van der Waals surface area contributed by atoms with Gasteiger partial charge in [0.15, 0.2) is 0 Å². The van der Waals surface area contributed by atoms with E-state index in [4.69, 9.17) is 0 Å².